The normalized spacial score (nSPS) is 22.6. The van der Waals surface area contributed by atoms with E-state index in [-0.39, 0.29) is 29.7 Å². The standard InChI is InChI=1S/C32H40N2O8/c1-18-14-21-27-23(15-18)41-17-25(32(2,3)4)34(27)30(36)24(16-26(35)33-12-10-19(11-13-33)31(37)38)42-28(21)20-8-7-9-22(39-5)29(20)40-6/h7-9,14-15,19,24-25,28H,10-13,16-17H2,1-6H3,(H,37,38)/t24-,25-,28-/m1/s1. The molecule has 2 amide bonds. The molecule has 10 nitrogen and oxygen atoms in total. The van der Waals surface area contributed by atoms with Gasteiger partial charge in [0.1, 0.15) is 24.6 Å². The summed E-state index contributed by atoms with van der Waals surface area (Å²) in [5.41, 5.74) is 2.66. The molecule has 0 unspecified atom stereocenters. The number of amides is 2. The highest BCUT2D eigenvalue weighted by molar-refractivity contribution is 6.02. The summed E-state index contributed by atoms with van der Waals surface area (Å²) < 4.78 is 24.4. The van der Waals surface area contributed by atoms with Gasteiger partial charge in [0.25, 0.3) is 5.91 Å². The van der Waals surface area contributed by atoms with Crippen molar-refractivity contribution in [3.05, 3.63) is 47.0 Å². The number of rotatable bonds is 6. The van der Waals surface area contributed by atoms with E-state index in [1.165, 1.54) is 0 Å². The Labute approximate surface area is 246 Å². The van der Waals surface area contributed by atoms with Gasteiger partial charge in [-0.1, -0.05) is 39.0 Å². The van der Waals surface area contributed by atoms with E-state index in [0.29, 0.717) is 61.0 Å². The molecule has 1 N–H and O–H groups in total. The van der Waals surface area contributed by atoms with Gasteiger partial charge >= 0.3 is 5.97 Å². The Kier molecular flexibility index (Phi) is 8.11. The van der Waals surface area contributed by atoms with Crippen LogP contribution in [0.5, 0.6) is 17.2 Å². The first-order valence-electron chi connectivity index (χ1n) is 14.4. The maximum atomic E-state index is 14.5. The molecule has 0 aromatic heterocycles. The molecule has 226 valence electrons. The number of carboxylic acids is 1. The highest BCUT2D eigenvalue weighted by Crippen LogP contribution is 2.51. The summed E-state index contributed by atoms with van der Waals surface area (Å²) in [6, 6.07) is 9.13. The van der Waals surface area contributed by atoms with Gasteiger partial charge in [-0.3, -0.25) is 19.3 Å². The highest BCUT2D eigenvalue weighted by atomic mass is 16.5. The fourth-order valence-electron chi connectivity index (χ4n) is 6.25. The molecular formula is C32H40N2O8. The molecule has 0 spiro atoms. The van der Waals surface area contributed by atoms with Crippen molar-refractivity contribution < 1.29 is 38.4 Å². The minimum absolute atomic E-state index is 0.171. The van der Waals surface area contributed by atoms with E-state index >= 15 is 0 Å². The zero-order valence-corrected chi connectivity index (χ0v) is 25.1. The number of likely N-dealkylation sites (tertiary alicyclic amines) is 1. The molecule has 2 aromatic carbocycles. The topological polar surface area (TPSA) is 115 Å². The van der Waals surface area contributed by atoms with Gasteiger partial charge < -0.3 is 29.0 Å². The zero-order chi connectivity index (χ0) is 30.3. The van der Waals surface area contributed by atoms with E-state index in [1.807, 2.05) is 31.2 Å². The number of hydrogen-bond acceptors (Lipinski definition) is 7. The second kappa shape index (κ2) is 11.5. The van der Waals surface area contributed by atoms with Crippen LogP contribution in [-0.2, 0) is 19.1 Å². The molecule has 0 aliphatic carbocycles. The number of methoxy groups -OCH3 is 2. The van der Waals surface area contributed by atoms with Gasteiger partial charge in [-0.15, -0.1) is 0 Å². The third kappa shape index (κ3) is 5.40. The monoisotopic (exact) mass is 580 g/mol. The number of aryl methyl sites for hydroxylation is 1. The molecule has 3 aliphatic heterocycles. The summed E-state index contributed by atoms with van der Waals surface area (Å²) in [7, 11) is 3.12. The number of nitrogens with zero attached hydrogens (tertiary/aromatic N) is 2. The molecule has 3 aliphatic rings. The lowest BCUT2D eigenvalue weighted by Crippen LogP contribution is -2.56. The van der Waals surface area contributed by atoms with Crippen LogP contribution in [0.25, 0.3) is 0 Å². The molecule has 42 heavy (non-hydrogen) atoms. The van der Waals surface area contributed by atoms with Gasteiger partial charge in [-0.05, 0) is 42.9 Å². The molecule has 1 saturated heterocycles. The molecule has 2 aromatic rings. The summed E-state index contributed by atoms with van der Waals surface area (Å²) in [6.45, 7) is 9.12. The van der Waals surface area contributed by atoms with Crippen molar-refractivity contribution in [2.24, 2.45) is 11.3 Å². The Bertz CT molecular complexity index is 1380. The number of para-hydroxylation sites is 1. The van der Waals surface area contributed by atoms with E-state index in [0.717, 1.165) is 11.1 Å². The molecule has 5 rings (SSSR count). The number of carbonyl (C=O) groups is 3. The second-order valence-corrected chi connectivity index (χ2v) is 12.4. The maximum Gasteiger partial charge on any atom is 0.306 e. The second-order valence-electron chi connectivity index (χ2n) is 12.4. The van der Waals surface area contributed by atoms with Gasteiger partial charge in [0.15, 0.2) is 11.5 Å². The van der Waals surface area contributed by atoms with Crippen LogP contribution in [0.1, 0.15) is 62.8 Å². The number of ether oxygens (including phenoxy) is 4. The fourth-order valence-corrected chi connectivity index (χ4v) is 6.25. The Morgan fingerprint density at radius 1 is 1.07 bits per heavy atom. The Balaban J connectivity index is 1.61. The first kappa shape index (κ1) is 29.7. The molecule has 10 heteroatoms. The summed E-state index contributed by atoms with van der Waals surface area (Å²) in [5.74, 6) is -0.261. The predicted molar refractivity (Wildman–Crippen MR) is 155 cm³/mol. The first-order chi connectivity index (χ1) is 19.9. The molecule has 0 radical (unpaired) electrons. The molecule has 1 fully saturated rings. The van der Waals surface area contributed by atoms with Crippen molar-refractivity contribution in [1.29, 1.82) is 0 Å². The van der Waals surface area contributed by atoms with E-state index in [2.05, 4.69) is 20.8 Å². The maximum absolute atomic E-state index is 14.5. The van der Waals surface area contributed by atoms with Crippen molar-refractivity contribution in [2.75, 3.05) is 38.8 Å². The number of carbonyl (C=O) groups excluding carboxylic acids is 2. The molecule has 3 atom stereocenters. The molecular weight excluding hydrogens is 540 g/mol. The Morgan fingerprint density at radius 2 is 1.79 bits per heavy atom. The summed E-state index contributed by atoms with van der Waals surface area (Å²) in [4.78, 5) is 43.0. The fraction of sp³-hybridized carbons (Fsp3) is 0.531. The van der Waals surface area contributed by atoms with Crippen molar-refractivity contribution in [2.45, 2.75) is 65.2 Å². The lowest BCUT2D eigenvalue weighted by Gasteiger charge is -2.44. The van der Waals surface area contributed by atoms with Crippen LogP contribution in [-0.4, -0.2) is 73.9 Å². The van der Waals surface area contributed by atoms with Gasteiger partial charge in [-0.25, -0.2) is 0 Å². The van der Waals surface area contributed by atoms with Crippen LogP contribution in [0.15, 0.2) is 30.3 Å². The van der Waals surface area contributed by atoms with Crippen LogP contribution in [0.2, 0.25) is 0 Å². The van der Waals surface area contributed by atoms with Crippen molar-refractivity contribution in [3.63, 3.8) is 0 Å². The molecule has 0 saturated carbocycles. The summed E-state index contributed by atoms with van der Waals surface area (Å²) in [5, 5.41) is 9.38. The number of piperidine rings is 1. The lowest BCUT2D eigenvalue weighted by atomic mass is 9.84. The van der Waals surface area contributed by atoms with Crippen molar-refractivity contribution in [3.8, 4) is 17.2 Å². The van der Waals surface area contributed by atoms with Crippen LogP contribution in [0.3, 0.4) is 0 Å². The Morgan fingerprint density at radius 3 is 2.40 bits per heavy atom. The van der Waals surface area contributed by atoms with E-state index in [1.54, 1.807) is 30.1 Å². The lowest BCUT2D eigenvalue weighted by molar-refractivity contribution is -0.148. The van der Waals surface area contributed by atoms with E-state index in [4.69, 9.17) is 18.9 Å². The zero-order valence-electron chi connectivity index (χ0n) is 25.1. The van der Waals surface area contributed by atoms with Crippen molar-refractivity contribution in [1.82, 2.24) is 4.90 Å². The number of carboxylic acid groups (broad SMARTS) is 1. The smallest absolute Gasteiger partial charge is 0.306 e. The van der Waals surface area contributed by atoms with Crippen molar-refractivity contribution >= 4 is 23.5 Å². The van der Waals surface area contributed by atoms with Crippen LogP contribution in [0.4, 0.5) is 5.69 Å². The van der Waals surface area contributed by atoms with Gasteiger partial charge in [0.05, 0.1) is 38.3 Å². The number of hydrogen-bond donors (Lipinski definition) is 1. The van der Waals surface area contributed by atoms with Crippen LogP contribution >= 0.6 is 0 Å². The summed E-state index contributed by atoms with van der Waals surface area (Å²) in [6.07, 6.45) is -1.27. The largest absolute Gasteiger partial charge is 0.493 e. The number of anilines is 1. The third-order valence-electron chi connectivity index (χ3n) is 8.57. The highest BCUT2D eigenvalue weighted by Gasteiger charge is 2.48. The predicted octanol–water partition coefficient (Wildman–Crippen LogP) is 4.35. The minimum atomic E-state index is -1.10. The van der Waals surface area contributed by atoms with Gasteiger partial charge in [-0.2, -0.15) is 0 Å². The van der Waals surface area contributed by atoms with Gasteiger partial charge in [0.2, 0.25) is 5.91 Å². The van der Waals surface area contributed by atoms with Crippen LogP contribution < -0.4 is 19.1 Å². The van der Waals surface area contributed by atoms with E-state index in [9.17, 15) is 19.5 Å². The Hall–Kier alpha value is -3.79. The number of benzene rings is 2. The first-order valence-corrected chi connectivity index (χ1v) is 14.4. The average Bonchev–Trinajstić information content (AvgIpc) is 3.07. The molecule has 3 heterocycles. The summed E-state index contributed by atoms with van der Waals surface area (Å²) >= 11 is 0. The SMILES string of the molecule is COc1cccc([C@H]2O[C@H](CC(=O)N3CCC(C(=O)O)CC3)C(=O)N3c4c(cc(C)cc42)OC[C@@H]3C(C)(C)C)c1OC. The third-order valence-corrected chi connectivity index (χ3v) is 8.57. The molecule has 0 bridgehead atoms. The average molecular weight is 581 g/mol. The van der Waals surface area contributed by atoms with E-state index < -0.39 is 24.1 Å². The minimum Gasteiger partial charge on any atom is -0.493 e. The number of aliphatic carboxylic acids is 1. The van der Waals surface area contributed by atoms with Gasteiger partial charge in [0, 0.05) is 24.2 Å². The van der Waals surface area contributed by atoms with Crippen LogP contribution in [0, 0.1) is 18.3 Å². The quantitative estimate of drug-likeness (QED) is 0.536.